The van der Waals surface area contributed by atoms with Crippen LogP contribution in [-0.4, -0.2) is 7.11 Å². The quantitative estimate of drug-likeness (QED) is 0.777. The van der Waals surface area contributed by atoms with Crippen LogP contribution >= 0.6 is 27.5 Å². The van der Waals surface area contributed by atoms with E-state index in [0.29, 0.717) is 5.02 Å². The van der Waals surface area contributed by atoms with Crippen LogP contribution in [0.3, 0.4) is 0 Å². The van der Waals surface area contributed by atoms with Crippen molar-refractivity contribution in [2.24, 2.45) is 0 Å². The van der Waals surface area contributed by atoms with Gasteiger partial charge in [-0.2, -0.15) is 0 Å². The fraction of sp³-hybridized carbons (Fsp3) is 0.333. The maximum Gasteiger partial charge on any atom is 0.124 e. The van der Waals surface area contributed by atoms with Crippen molar-refractivity contribution < 1.29 is 4.74 Å². The maximum absolute atomic E-state index is 5.85. The van der Waals surface area contributed by atoms with Crippen molar-refractivity contribution in [2.45, 2.75) is 13.3 Å². The summed E-state index contributed by atoms with van der Waals surface area (Å²) in [7, 11) is 1.65. The van der Waals surface area contributed by atoms with E-state index >= 15 is 0 Å². The SMILES string of the molecule is CCc1c(Br)cc(Cl)cc1OC. The largest absolute Gasteiger partial charge is 0.496 e. The first-order valence-corrected chi connectivity index (χ1v) is 4.88. The lowest BCUT2D eigenvalue weighted by molar-refractivity contribution is 0.410. The predicted molar refractivity (Wildman–Crippen MR) is 55.1 cm³/mol. The number of ether oxygens (including phenoxy) is 1. The van der Waals surface area contributed by atoms with E-state index in [9.17, 15) is 0 Å². The molecule has 0 bridgehead atoms. The smallest absolute Gasteiger partial charge is 0.124 e. The Morgan fingerprint density at radius 1 is 1.50 bits per heavy atom. The second-order valence-corrected chi connectivity index (χ2v) is 3.71. The first kappa shape index (κ1) is 9.87. The van der Waals surface area contributed by atoms with E-state index in [0.717, 1.165) is 22.2 Å². The number of halogens is 2. The third-order valence-electron chi connectivity index (χ3n) is 1.69. The number of methoxy groups -OCH3 is 1. The molecule has 0 aliphatic rings. The lowest BCUT2D eigenvalue weighted by Crippen LogP contribution is -1.91. The van der Waals surface area contributed by atoms with Crippen molar-refractivity contribution in [2.75, 3.05) is 7.11 Å². The highest BCUT2D eigenvalue weighted by molar-refractivity contribution is 9.10. The summed E-state index contributed by atoms with van der Waals surface area (Å²) in [4.78, 5) is 0. The van der Waals surface area contributed by atoms with Gasteiger partial charge in [0.2, 0.25) is 0 Å². The Kier molecular flexibility index (Phi) is 3.41. The molecule has 0 saturated carbocycles. The van der Waals surface area contributed by atoms with Gasteiger partial charge in [0.1, 0.15) is 5.75 Å². The number of hydrogen-bond donors (Lipinski definition) is 0. The van der Waals surface area contributed by atoms with Crippen molar-refractivity contribution in [3.05, 3.63) is 27.2 Å². The van der Waals surface area contributed by atoms with E-state index in [4.69, 9.17) is 16.3 Å². The molecule has 12 heavy (non-hydrogen) atoms. The van der Waals surface area contributed by atoms with Gasteiger partial charge in [-0.1, -0.05) is 34.5 Å². The van der Waals surface area contributed by atoms with E-state index in [1.807, 2.05) is 12.1 Å². The molecule has 0 aromatic heterocycles. The molecule has 0 unspecified atom stereocenters. The van der Waals surface area contributed by atoms with E-state index < -0.39 is 0 Å². The van der Waals surface area contributed by atoms with Gasteiger partial charge in [-0.05, 0) is 18.6 Å². The van der Waals surface area contributed by atoms with E-state index in [-0.39, 0.29) is 0 Å². The van der Waals surface area contributed by atoms with Gasteiger partial charge in [0.05, 0.1) is 7.11 Å². The molecule has 3 heteroatoms. The molecule has 1 nitrogen and oxygen atoms in total. The standard InChI is InChI=1S/C9H10BrClO/c1-3-7-8(10)4-6(11)5-9(7)12-2/h4-5H,3H2,1-2H3. The molecule has 0 heterocycles. The van der Waals surface area contributed by atoms with Gasteiger partial charge in [-0.3, -0.25) is 0 Å². The first-order chi connectivity index (χ1) is 5.69. The van der Waals surface area contributed by atoms with Crippen LogP contribution in [-0.2, 0) is 6.42 Å². The van der Waals surface area contributed by atoms with Crippen LogP contribution in [0.25, 0.3) is 0 Å². The molecule has 0 fully saturated rings. The van der Waals surface area contributed by atoms with Gasteiger partial charge in [0.15, 0.2) is 0 Å². The molecule has 0 spiro atoms. The third kappa shape index (κ3) is 1.93. The lowest BCUT2D eigenvalue weighted by atomic mass is 10.1. The Bertz CT molecular complexity index is 286. The predicted octanol–water partition coefficient (Wildman–Crippen LogP) is 3.67. The molecule has 0 aliphatic heterocycles. The third-order valence-corrected chi connectivity index (χ3v) is 2.62. The lowest BCUT2D eigenvalue weighted by Gasteiger charge is -2.08. The molecule has 1 aromatic rings. The van der Waals surface area contributed by atoms with Crippen LogP contribution in [0, 0.1) is 0 Å². The van der Waals surface area contributed by atoms with Crippen LogP contribution in [0.4, 0.5) is 0 Å². The monoisotopic (exact) mass is 248 g/mol. The summed E-state index contributed by atoms with van der Waals surface area (Å²) in [6.07, 6.45) is 0.931. The summed E-state index contributed by atoms with van der Waals surface area (Å²) < 4.78 is 6.19. The number of rotatable bonds is 2. The van der Waals surface area contributed by atoms with Crippen LogP contribution in [0.15, 0.2) is 16.6 Å². The summed E-state index contributed by atoms with van der Waals surface area (Å²) in [5.74, 6) is 0.844. The molecule has 1 aromatic carbocycles. The van der Waals surface area contributed by atoms with E-state index in [1.54, 1.807) is 7.11 Å². The Morgan fingerprint density at radius 3 is 2.67 bits per heavy atom. The number of hydrogen-bond acceptors (Lipinski definition) is 1. The zero-order valence-corrected chi connectivity index (χ0v) is 9.37. The summed E-state index contributed by atoms with van der Waals surface area (Å²) in [6, 6.07) is 3.70. The average molecular weight is 250 g/mol. The van der Waals surface area contributed by atoms with Crippen LogP contribution in [0.5, 0.6) is 5.75 Å². The van der Waals surface area contributed by atoms with Crippen LogP contribution < -0.4 is 4.74 Å². The van der Waals surface area contributed by atoms with Gasteiger partial charge in [-0.15, -0.1) is 0 Å². The summed E-state index contributed by atoms with van der Waals surface area (Å²) >= 11 is 9.28. The maximum atomic E-state index is 5.85. The molecular formula is C9H10BrClO. The topological polar surface area (TPSA) is 9.23 Å². The second kappa shape index (κ2) is 4.15. The Hall–Kier alpha value is -0.210. The van der Waals surface area contributed by atoms with Gasteiger partial charge in [-0.25, -0.2) is 0 Å². The van der Waals surface area contributed by atoms with E-state index in [1.165, 1.54) is 0 Å². The summed E-state index contributed by atoms with van der Waals surface area (Å²) in [6.45, 7) is 2.08. The first-order valence-electron chi connectivity index (χ1n) is 3.71. The highest BCUT2D eigenvalue weighted by atomic mass is 79.9. The highest BCUT2D eigenvalue weighted by Gasteiger charge is 2.06. The van der Waals surface area contributed by atoms with Crippen molar-refractivity contribution >= 4 is 27.5 Å². The fourth-order valence-corrected chi connectivity index (χ4v) is 2.17. The van der Waals surface area contributed by atoms with Gasteiger partial charge in [0.25, 0.3) is 0 Å². The molecule has 1 rings (SSSR count). The van der Waals surface area contributed by atoms with Crippen molar-refractivity contribution in [3.63, 3.8) is 0 Å². The molecule has 0 atom stereocenters. The normalized spacial score (nSPS) is 10.0. The zero-order valence-electron chi connectivity index (χ0n) is 7.03. The molecule has 0 saturated heterocycles. The summed E-state index contributed by atoms with van der Waals surface area (Å²) in [5.41, 5.74) is 1.15. The number of benzene rings is 1. The highest BCUT2D eigenvalue weighted by Crippen LogP contribution is 2.31. The Morgan fingerprint density at radius 2 is 2.17 bits per heavy atom. The van der Waals surface area contributed by atoms with Crippen LogP contribution in [0.1, 0.15) is 12.5 Å². The second-order valence-electron chi connectivity index (χ2n) is 2.42. The summed E-state index contributed by atoms with van der Waals surface area (Å²) in [5, 5.41) is 0.691. The Balaban J connectivity index is 3.24. The van der Waals surface area contributed by atoms with Gasteiger partial charge in [0, 0.05) is 15.1 Å². The van der Waals surface area contributed by atoms with E-state index in [2.05, 4.69) is 22.9 Å². The molecule has 66 valence electrons. The minimum Gasteiger partial charge on any atom is -0.496 e. The van der Waals surface area contributed by atoms with Crippen molar-refractivity contribution in [1.82, 2.24) is 0 Å². The molecule has 0 aliphatic carbocycles. The minimum absolute atomic E-state index is 0.691. The minimum atomic E-state index is 0.691. The molecule has 0 amide bonds. The van der Waals surface area contributed by atoms with Crippen molar-refractivity contribution in [1.29, 1.82) is 0 Å². The molecule has 0 N–H and O–H groups in total. The zero-order chi connectivity index (χ0) is 9.14. The van der Waals surface area contributed by atoms with Gasteiger partial charge < -0.3 is 4.74 Å². The molecular weight excluding hydrogens is 239 g/mol. The fourth-order valence-electron chi connectivity index (χ4n) is 1.11. The average Bonchev–Trinajstić information content (AvgIpc) is 2.03. The van der Waals surface area contributed by atoms with Crippen molar-refractivity contribution in [3.8, 4) is 5.75 Å². The van der Waals surface area contributed by atoms with Gasteiger partial charge >= 0.3 is 0 Å². The Labute approximate surface area is 85.8 Å². The van der Waals surface area contributed by atoms with Crippen LogP contribution in [0.2, 0.25) is 5.02 Å². The molecule has 0 radical (unpaired) electrons.